The number of phenolic OH excluding ortho intramolecular Hbond substituents is 1. The summed E-state index contributed by atoms with van der Waals surface area (Å²) in [5.74, 6) is -3.34. The lowest BCUT2D eigenvalue weighted by molar-refractivity contribution is -0.123. The fourth-order valence-electron chi connectivity index (χ4n) is 6.13. The predicted molar refractivity (Wildman–Crippen MR) is 152 cm³/mol. The maximum absolute atomic E-state index is 13.6. The maximum Gasteiger partial charge on any atom is 0.488 e. The van der Waals surface area contributed by atoms with E-state index in [0.717, 1.165) is 27.2 Å². The van der Waals surface area contributed by atoms with Crippen molar-refractivity contribution < 1.29 is 40.1 Å². The molecule has 40 heavy (non-hydrogen) atoms. The van der Waals surface area contributed by atoms with Crippen LogP contribution in [0.25, 0.3) is 6.08 Å². The van der Waals surface area contributed by atoms with Crippen LogP contribution in [0.15, 0.2) is 53.1 Å². The molecule has 6 N–H and O–H groups in total. The van der Waals surface area contributed by atoms with E-state index >= 15 is 0 Å². The van der Waals surface area contributed by atoms with E-state index in [1.807, 2.05) is 39.0 Å². The minimum Gasteiger partial charge on any atom is -0.507 e. The third-order valence-electron chi connectivity index (χ3n) is 8.10. The van der Waals surface area contributed by atoms with Gasteiger partial charge >= 0.3 is 7.12 Å². The monoisotopic (exact) mass is 549 g/mol. The summed E-state index contributed by atoms with van der Waals surface area (Å²) in [6.45, 7) is 4.69. The number of aryl methyl sites for hydroxylation is 2. The molecule has 212 valence electrons. The van der Waals surface area contributed by atoms with Gasteiger partial charge in [-0.05, 0) is 97.6 Å². The number of aliphatic hydroxyl groups excluding tert-OH is 3. The van der Waals surface area contributed by atoms with E-state index in [-0.39, 0.29) is 29.7 Å². The van der Waals surface area contributed by atoms with Crippen LogP contribution in [0.5, 0.6) is 5.75 Å². The van der Waals surface area contributed by atoms with Gasteiger partial charge in [-0.25, -0.2) is 0 Å². The molecule has 1 aliphatic heterocycles. The van der Waals surface area contributed by atoms with E-state index in [0.29, 0.717) is 17.6 Å². The van der Waals surface area contributed by atoms with Crippen LogP contribution >= 0.6 is 0 Å². The number of hydrogen-bond acceptors (Lipinski definition) is 8. The highest BCUT2D eigenvalue weighted by Gasteiger charge is 2.55. The number of rotatable bonds is 9. The van der Waals surface area contributed by atoms with Gasteiger partial charge in [0.1, 0.15) is 5.75 Å². The second kappa shape index (κ2) is 12.1. The SMILES string of the molecule is C/C(=C\c1cc(C)c(O)c(C)c1)CC[C@@H](O)C1=C(CO)C[C@H]2C(=O)N(c3cccc(B(O)O)c3)C(=O)[C@H]2[C@H]1CO. The van der Waals surface area contributed by atoms with Gasteiger partial charge in [-0.1, -0.05) is 23.8 Å². The number of aliphatic hydroxyl groups is 3. The molecular formula is C30H36BNO8. The number of benzene rings is 2. The van der Waals surface area contributed by atoms with E-state index in [9.17, 15) is 40.1 Å². The Bertz CT molecular complexity index is 1340. The van der Waals surface area contributed by atoms with E-state index in [4.69, 9.17) is 0 Å². The van der Waals surface area contributed by atoms with Gasteiger partial charge in [0.25, 0.3) is 0 Å². The lowest BCUT2D eigenvalue weighted by Gasteiger charge is -2.36. The van der Waals surface area contributed by atoms with E-state index < -0.39 is 56.0 Å². The molecule has 1 aliphatic carbocycles. The first-order valence-electron chi connectivity index (χ1n) is 13.4. The quantitative estimate of drug-likeness (QED) is 0.155. The molecule has 1 saturated heterocycles. The largest absolute Gasteiger partial charge is 0.507 e. The van der Waals surface area contributed by atoms with E-state index in [1.54, 1.807) is 0 Å². The molecule has 0 spiro atoms. The number of amides is 2. The molecule has 0 radical (unpaired) electrons. The number of allylic oxidation sites excluding steroid dienone is 1. The summed E-state index contributed by atoms with van der Waals surface area (Å²) < 4.78 is 0. The summed E-state index contributed by atoms with van der Waals surface area (Å²) in [6, 6.07) is 9.61. The smallest absolute Gasteiger partial charge is 0.488 e. The van der Waals surface area contributed by atoms with Gasteiger partial charge in [0.05, 0.1) is 36.8 Å². The van der Waals surface area contributed by atoms with E-state index in [1.165, 1.54) is 24.3 Å². The number of imide groups is 1. The Labute approximate surface area is 233 Å². The van der Waals surface area contributed by atoms with Crippen LogP contribution in [0, 0.1) is 31.6 Å². The van der Waals surface area contributed by atoms with Gasteiger partial charge in [-0.3, -0.25) is 14.5 Å². The average Bonchev–Trinajstić information content (AvgIpc) is 3.18. The second-order valence-corrected chi connectivity index (χ2v) is 10.9. The van der Waals surface area contributed by atoms with Crippen molar-refractivity contribution in [2.24, 2.45) is 17.8 Å². The molecule has 1 fully saturated rings. The van der Waals surface area contributed by atoms with Crippen LogP contribution in [0.3, 0.4) is 0 Å². The third kappa shape index (κ3) is 5.63. The summed E-state index contributed by atoms with van der Waals surface area (Å²) in [5, 5.41) is 60.9. The van der Waals surface area contributed by atoms with Crippen molar-refractivity contribution in [2.45, 2.75) is 46.1 Å². The van der Waals surface area contributed by atoms with Crippen LogP contribution in [0.2, 0.25) is 0 Å². The number of carbonyl (C=O) groups is 2. The predicted octanol–water partition coefficient (Wildman–Crippen LogP) is 1.34. The van der Waals surface area contributed by atoms with Crippen LogP contribution < -0.4 is 10.4 Å². The summed E-state index contributed by atoms with van der Waals surface area (Å²) in [4.78, 5) is 28.0. The van der Waals surface area contributed by atoms with Gasteiger partial charge in [0.2, 0.25) is 11.8 Å². The first-order valence-corrected chi connectivity index (χ1v) is 13.4. The standard InChI is InChI=1S/C30H36BNO8/c1-16(9-19-10-17(2)28(36)18(3)11-19)7-8-25(35)26-20(14-33)12-23-27(24(26)15-34)30(38)32(29(23)37)22-6-4-5-21(13-22)31(39)40/h4-6,9-11,13,23-25,27,33-36,39-40H,7-8,12,14-15H2,1-3H3/b16-9+/t23-,24+,25-,27-/m1/s1. The lowest BCUT2D eigenvalue weighted by atomic mass is 9.68. The molecule has 2 aromatic rings. The summed E-state index contributed by atoms with van der Waals surface area (Å²) >= 11 is 0. The minimum atomic E-state index is -1.77. The van der Waals surface area contributed by atoms with Crippen molar-refractivity contribution in [1.29, 1.82) is 0 Å². The number of hydrogen-bond donors (Lipinski definition) is 6. The summed E-state index contributed by atoms with van der Waals surface area (Å²) in [6.07, 6.45) is 1.80. The van der Waals surface area contributed by atoms with Crippen LogP contribution in [-0.4, -0.2) is 68.7 Å². The Kier molecular flexibility index (Phi) is 8.97. The van der Waals surface area contributed by atoms with Crippen molar-refractivity contribution in [3.8, 4) is 5.75 Å². The topological polar surface area (TPSA) is 159 Å². The molecule has 4 atom stereocenters. The van der Waals surface area contributed by atoms with Gasteiger partial charge in [-0.2, -0.15) is 0 Å². The van der Waals surface area contributed by atoms with Gasteiger partial charge < -0.3 is 30.5 Å². The zero-order chi connectivity index (χ0) is 29.3. The Morgan fingerprint density at radius 2 is 1.77 bits per heavy atom. The second-order valence-electron chi connectivity index (χ2n) is 10.9. The van der Waals surface area contributed by atoms with Gasteiger partial charge in [0.15, 0.2) is 0 Å². The molecule has 10 heteroatoms. The number of aromatic hydroxyl groups is 1. The van der Waals surface area contributed by atoms with Crippen molar-refractivity contribution in [2.75, 3.05) is 18.1 Å². The normalized spacial score (nSPS) is 22.1. The van der Waals surface area contributed by atoms with E-state index in [2.05, 4.69) is 0 Å². The molecule has 2 aromatic carbocycles. The Morgan fingerprint density at radius 1 is 1.10 bits per heavy atom. The number of carbonyl (C=O) groups excluding carboxylic acids is 2. The van der Waals surface area contributed by atoms with Crippen molar-refractivity contribution in [3.63, 3.8) is 0 Å². The third-order valence-corrected chi connectivity index (χ3v) is 8.10. The fraction of sp³-hybridized carbons (Fsp3) is 0.400. The summed E-state index contributed by atoms with van der Waals surface area (Å²) in [7, 11) is -1.77. The minimum absolute atomic E-state index is 0.0777. The molecule has 9 nitrogen and oxygen atoms in total. The first kappa shape index (κ1) is 29.7. The molecule has 2 aliphatic rings. The Balaban J connectivity index is 1.57. The number of fused-ring (bicyclic) bond motifs is 1. The molecule has 4 rings (SSSR count). The van der Waals surface area contributed by atoms with Gasteiger partial charge in [-0.15, -0.1) is 0 Å². The highest BCUT2D eigenvalue weighted by atomic mass is 16.4. The molecular weight excluding hydrogens is 513 g/mol. The van der Waals surface area contributed by atoms with Crippen LogP contribution in [0.4, 0.5) is 5.69 Å². The van der Waals surface area contributed by atoms with Crippen molar-refractivity contribution in [3.05, 3.63) is 69.8 Å². The lowest BCUT2D eigenvalue weighted by Crippen LogP contribution is -2.39. The zero-order valence-electron chi connectivity index (χ0n) is 22.9. The number of phenols is 1. The Hall–Kier alpha value is -3.28. The number of nitrogens with zero attached hydrogens (tertiary/aromatic N) is 1. The van der Waals surface area contributed by atoms with Crippen LogP contribution in [-0.2, 0) is 9.59 Å². The maximum atomic E-state index is 13.6. The molecule has 0 unspecified atom stereocenters. The first-order chi connectivity index (χ1) is 19.0. The molecule has 0 saturated carbocycles. The molecule has 0 bridgehead atoms. The Morgan fingerprint density at radius 3 is 2.38 bits per heavy atom. The average molecular weight is 549 g/mol. The zero-order valence-corrected chi connectivity index (χ0v) is 22.9. The molecule has 2 amide bonds. The molecule has 0 aromatic heterocycles. The highest BCUT2D eigenvalue weighted by Crippen LogP contribution is 2.47. The van der Waals surface area contributed by atoms with Crippen molar-refractivity contribution in [1.82, 2.24) is 0 Å². The molecule has 1 heterocycles. The van der Waals surface area contributed by atoms with Gasteiger partial charge in [0, 0.05) is 5.92 Å². The number of anilines is 1. The fourth-order valence-corrected chi connectivity index (χ4v) is 6.13. The summed E-state index contributed by atoms with van der Waals surface area (Å²) in [5.41, 5.74) is 4.61. The van der Waals surface area contributed by atoms with Crippen molar-refractivity contribution >= 4 is 36.2 Å². The van der Waals surface area contributed by atoms with Crippen LogP contribution in [0.1, 0.15) is 42.9 Å². The highest BCUT2D eigenvalue weighted by molar-refractivity contribution is 6.58.